The zero-order chi connectivity index (χ0) is 14.6. The fourth-order valence-corrected chi connectivity index (χ4v) is 2.40. The van der Waals surface area contributed by atoms with E-state index in [0.29, 0.717) is 6.54 Å². The summed E-state index contributed by atoms with van der Waals surface area (Å²) in [6.45, 7) is 0.555. The van der Waals surface area contributed by atoms with Crippen molar-refractivity contribution in [2.24, 2.45) is 0 Å². The lowest BCUT2D eigenvalue weighted by Gasteiger charge is -2.40. The van der Waals surface area contributed by atoms with Gasteiger partial charge in [0, 0.05) is 27.7 Å². The number of carbonyl (C=O) groups is 1. The number of methoxy groups -OCH3 is 1. The average molecular weight is 277 g/mol. The summed E-state index contributed by atoms with van der Waals surface area (Å²) in [6, 6.07) is 7.53. The molecular formula is C15H23N3O2. The molecule has 1 fully saturated rings. The second-order valence-corrected chi connectivity index (χ2v) is 5.46. The van der Waals surface area contributed by atoms with Crippen molar-refractivity contribution in [2.75, 3.05) is 38.0 Å². The molecule has 0 unspecified atom stereocenters. The maximum absolute atomic E-state index is 12.0. The molecule has 0 heterocycles. The zero-order valence-electron chi connectivity index (χ0n) is 12.4. The molecule has 2 rings (SSSR count). The van der Waals surface area contributed by atoms with Gasteiger partial charge < -0.3 is 20.3 Å². The van der Waals surface area contributed by atoms with Crippen LogP contribution in [0.15, 0.2) is 24.3 Å². The first-order valence-corrected chi connectivity index (χ1v) is 6.93. The van der Waals surface area contributed by atoms with Crippen LogP contribution in [0.2, 0.25) is 0 Å². The Morgan fingerprint density at radius 3 is 2.60 bits per heavy atom. The number of ether oxygens (including phenoxy) is 1. The van der Waals surface area contributed by atoms with Crippen LogP contribution in [0.4, 0.5) is 16.2 Å². The first-order valence-electron chi connectivity index (χ1n) is 6.93. The van der Waals surface area contributed by atoms with E-state index in [1.807, 2.05) is 43.3 Å². The van der Waals surface area contributed by atoms with Crippen molar-refractivity contribution < 1.29 is 9.53 Å². The molecular weight excluding hydrogens is 254 g/mol. The molecule has 110 valence electrons. The second-order valence-electron chi connectivity index (χ2n) is 5.46. The van der Waals surface area contributed by atoms with Crippen molar-refractivity contribution in [1.82, 2.24) is 5.32 Å². The summed E-state index contributed by atoms with van der Waals surface area (Å²) >= 11 is 0. The predicted octanol–water partition coefficient (Wildman–Crippen LogP) is 2.44. The van der Waals surface area contributed by atoms with E-state index in [1.165, 1.54) is 6.42 Å². The molecule has 2 N–H and O–H groups in total. The van der Waals surface area contributed by atoms with Crippen molar-refractivity contribution in [3.63, 3.8) is 0 Å². The Hall–Kier alpha value is -1.75. The van der Waals surface area contributed by atoms with Crippen LogP contribution in [0, 0.1) is 0 Å². The summed E-state index contributed by atoms with van der Waals surface area (Å²) in [5, 5.41) is 5.79. The van der Waals surface area contributed by atoms with Gasteiger partial charge in [0.05, 0.1) is 17.0 Å². The van der Waals surface area contributed by atoms with Crippen LogP contribution >= 0.6 is 0 Å². The fourth-order valence-electron chi connectivity index (χ4n) is 2.40. The maximum Gasteiger partial charge on any atom is 0.319 e. The number of urea groups is 1. The van der Waals surface area contributed by atoms with E-state index in [0.717, 1.165) is 24.2 Å². The van der Waals surface area contributed by atoms with E-state index in [4.69, 9.17) is 4.74 Å². The maximum atomic E-state index is 12.0. The minimum atomic E-state index is -0.192. The van der Waals surface area contributed by atoms with Crippen molar-refractivity contribution >= 4 is 17.4 Å². The van der Waals surface area contributed by atoms with Crippen LogP contribution in [0.25, 0.3) is 0 Å². The van der Waals surface area contributed by atoms with Crippen LogP contribution < -0.4 is 15.5 Å². The highest BCUT2D eigenvalue weighted by Crippen LogP contribution is 2.34. The van der Waals surface area contributed by atoms with E-state index in [-0.39, 0.29) is 11.6 Å². The molecule has 0 saturated heterocycles. The molecule has 0 bridgehead atoms. The monoisotopic (exact) mass is 277 g/mol. The molecule has 0 aromatic heterocycles. The van der Waals surface area contributed by atoms with Gasteiger partial charge in [-0.05, 0) is 31.4 Å². The summed E-state index contributed by atoms with van der Waals surface area (Å²) in [6.07, 6.45) is 3.19. The Labute approximate surface area is 120 Å². The first-order chi connectivity index (χ1) is 9.56. The molecule has 0 atom stereocenters. The zero-order valence-corrected chi connectivity index (χ0v) is 12.4. The van der Waals surface area contributed by atoms with Crippen molar-refractivity contribution in [3.8, 4) is 0 Å². The minimum absolute atomic E-state index is 0.154. The average Bonchev–Trinajstić information content (AvgIpc) is 2.38. The second kappa shape index (κ2) is 6.13. The SMILES string of the molecule is COC1(CNC(=O)Nc2ccccc2N(C)C)CCC1. The summed E-state index contributed by atoms with van der Waals surface area (Å²) in [4.78, 5) is 14.0. The molecule has 5 heteroatoms. The van der Waals surface area contributed by atoms with Crippen LogP contribution in [-0.4, -0.2) is 39.4 Å². The number of anilines is 2. The lowest BCUT2D eigenvalue weighted by atomic mass is 9.80. The number of carbonyl (C=O) groups excluding carboxylic acids is 1. The highest BCUT2D eigenvalue weighted by molar-refractivity contribution is 5.93. The topological polar surface area (TPSA) is 53.6 Å². The van der Waals surface area contributed by atoms with Gasteiger partial charge in [-0.15, -0.1) is 0 Å². The van der Waals surface area contributed by atoms with Gasteiger partial charge in [0.1, 0.15) is 0 Å². The molecule has 1 saturated carbocycles. The number of benzene rings is 1. The quantitative estimate of drug-likeness (QED) is 0.869. The number of nitrogens with zero attached hydrogens (tertiary/aromatic N) is 1. The Bertz CT molecular complexity index is 464. The van der Waals surface area contributed by atoms with E-state index in [2.05, 4.69) is 10.6 Å². The summed E-state index contributed by atoms with van der Waals surface area (Å²) in [5.74, 6) is 0. The third kappa shape index (κ3) is 3.22. The van der Waals surface area contributed by atoms with Crippen molar-refractivity contribution in [1.29, 1.82) is 0 Å². The number of nitrogens with one attached hydrogen (secondary N) is 2. The van der Waals surface area contributed by atoms with Gasteiger partial charge in [0.25, 0.3) is 0 Å². The molecule has 0 spiro atoms. The van der Waals surface area contributed by atoms with Crippen LogP contribution in [0.1, 0.15) is 19.3 Å². The van der Waals surface area contributed by atoms with E-state index in [1.54, 1.807) is 7.11 Å². The number of amides is 2. The molecule has 0 aliphatic heterocycles. The number of hydrogen-bond acceptors (Lipinski definition) is 3. The minimum Gasteiger partial charge on any atom is -0.376 e. The van der Waals surface area contributed by atoms with Crippen LogP contribution in [0.5, 0.6) is 0 Å². The molecule has 2 amide bonds. The standard InChI is InChI=1S/C15H23N3O2/c1-18(2)13-8-5-4-7-12(13)17-14(19)16-11-15(20-3)9-6-10-15/h4-5,7-8H,6,9-11H2,1-3H3,(H2,16,17,19). The van der Waals surface area contributed by atoms with Gasteiger partial charge in [-0.1, -0.05) is 12.1 Å². The van der Waals surface area contributed by atoms with Crippen LogP contribution in [0.3, 0.4) is 0 Å². The van der Waals surface area contributed by atoms with Gasteiger partial charge in [-0.2, -0.15) is 0 Å². The smallest absolute Gasteiger partial charge is 0.319 e. The number of para-hydroxylation sites is 2. The summed E-state index contributed by atoms with van der Waals surface area (Å²) in [7, 11) is 5.61. The van der Waals surface area contributed by atoms with Gasteiger partial charge >= 0.3 is 6.03 Å². The molecule has 20 heavy (non-hydrogen) atoms. The number of hydrogen-bond donors (Lipinski definition) is 2. The Kier molecular flexibility index (Phi) is 4.49. The highest BCUT2D eigenvalue weighted by Gasteiger charge is 2.37. The molecule has 0 radical (unpaired) electrons. The third-order valence-electron chi connectivity index (χ3n) is 3.90. The first kappa shape index (κ1) is 14.7. The molecule has 1 aliphatic rings. The Balaban J connectivity index is 1.91. The van der Waals surface area contributed by atoms with E-state index >= 15 is 0 Å². The van der Waals surface area contributed by atoms with Gasteiger partial charge in [0.15, 0.2) is 0 Å². The van der Waals surface area contributed by atoms with Gasteiger partial charge in [-0.25, -0.2) is 4.79 Å². The van der Waals surface area contributed by atoms with Gasteiger partial charge in [-0.3, -0.25) is 0 Å². The number of rotatable bonds is 5. The summed E-state index contributed by atoms with van der Waals surface area (Å²) < 4.78 is 5.49. The predicted molar refractivity (Wildman–Crippen MR) is 81.4 cm³/mol. The summed E-state index contributed by atoms with van der Waals surface area (Å²) in [5.41, 5.74) is 1.63. The Morgan fingerprint density at radius 2 is 2.05 bits per heavy atom. The van der Waals surface area contributed by atoms with E-state index in [9.17, 15) is 4.79 Å². The third-order valence-corrected chi connectivity index (χ3v) is 3.90. The normalized spacial score (nSPS) is 16.1. The Morgan fingerprint density at radius 1 is 1.35 bits per heavy atom. The fraction of sp³-hybridized carbons (Fsp3) is 0.533. The largest absolute Gasteiger partial charge is 0.376 e. The van der Waals surface area contributed by atoms with E-state index < -0.39 is 0 Å². The van der Waals surface area contributed by atoms with Gasteiger partial charge in [0.2, 0.25) is 0 Å². The molecule has 5 nitrogen and oxygen atoms in total. The lowest BCUT2D eigenvalue weighted by Crippen LogP contribution is -2.50. The van der Waals surface area contributed by atoms with Crippen molar-refractivity contribution in [3.05, 3.63) is 24.3 Å². The highest BCUT2D eigenvalue weighted by atomic mass is 16.5. The molecule has 1 aliphatic carbocycles. The lowest BCUT2D eigenvalue weighted by molar-refractivity contribution is -0.0671. The van der Waals surface area contributed by atoms with Crippen LogP contribution in [-0.2, 0) is 4.74 Å². The molecule has 1 aromatic rings. The molecule has 1 aromatic carbocycles. The van der Waals surface area contributed by atoms with Crippen molar-refractivity contribution in [2.45, 2.75) is 24.9 Å².